The quantitative estimate of drug-likeness (QED) is 0.858. The van der Waals surface area contributed by atoms with E-state index in [1.807, 2.05) is 55.5 Å². The molecule has 23 heavy (non-hydrogen) atoms. The second-order valence-corrected chi connectivity index (χ2v) is 5.84. The van der Waals surface area contributed by atoms with Crippen molar-refractivity contribution in [2.24, 2.45) is 0 Å². The van der Waals surface area contributed by atoms with E-state index in [0.717, 1.165) is 29.4 Å². The number of para-hydroxylation sites is 3. The standard InChI is InChI=1S/C19H23NO2.ClH/c1-14-8-3-4-10-17(14)22-19-12-6-5-11-18(19)21-15(2)16-9-7-13-20-16;/h3-6,8,10-12,15-16,20H,7,9,13H2,1-2H3;1H. The number of halogens is 1. The van der Waals surface area contributed by atoms with Crippen LogP contribution in [0.25, 0.3) is 0 Å². The van der Waals surface area contributed by atoms with Crippen molar-refractivity contribution in [1.82, 2.24) is 5.32 Å². The van der Waals surface area contributed by atoms with Gasteiger partial charge in [0.15, 0.2) is 11.5 Å². The van der Waals surface area contributed by atoms with Crippen LogP contribution in [0.5, 0.6) is 17.2 Å². The highest BCUT2D eigenvalue weighted by atomic mass is 35.5. The lowest BCUT2D eigenvalue weighted by molar-refractivity contribution is 0.174. The summed E-state index contributed by atoms with van der Waals surface area (Å²) in [7, 11) is 0. The molecule has 124 valence electrons. The van der Waals surface area contributed by atoms with Gasteiger partial charge < -0.3 is 14.8 Å². The lowest BCUT2D eigenvalue weighted by Gasteiger charge is -2.22. The second kappa shape index (κ2) is 8.23. The van der Waals surface area contributed by atoms with Crippen molar-refractivity contribution >= 4 is 12.4 Å². The monoisotopic (exact) mass is 333 g/mol. The molecule has 1 heterocycles. The van der Waals surface area contributed by atoms with Gasteiger partial charge in [0.2, 0.25) is 0 Å². The highest BCUT2D eigenvalue weighted by molar-refractivity contribution is 5.85. The van der Waals surface area contributed by atoms with E-state index < -0.39 is 0 Å². The molecular formula is C19H24ClNO2. The van der Waals surface area contributed by atoms with Crippen LogP contribution in [0.4, 0.5) is 0 Å². The fourth-order valence-electron chi connectivity index (χ4n) is 2.82. The van der Waals surface area contributed by atoms with Gasteiger partial charge in [-0.1, -0.05) is 30.3 Å². The van der Waals surface area contributed by atoms with Crippen LogP contribution in [0.1, 0.15) is 25.3 Å². The first-order chi connectivity index (χ1) is 10.7. The zero-order chi connectivity index (χ0) is 15.4. The van der Waals surface area contributed by atoms with Crippen molar-refractivity contribution in [3.05, 3.63) is 54.1 Å². The molecule has 2 aromatic rings. The third-order valence-corrected chi connectivity index (χ3v) is 4.14. The molecule has 2 unspecified atom stereocenters. The third kappa shape index (κ3) is 4.40. The van der Waals surface area contributed by atoms with Gasteiger partial charge in [-0.3, -0.25) is 0 Å². The Morgan fingerprint density at radius 3 is 2.30 bits per heavy atom. The van der Waals surface area contributed by atoms with Crippen molar-refractivity contribution in [3.63, 3.8) is 0 Å². The molecule has 0 bridgehead atoms. The molecule has 2 atom stereocenters. The Labute approximate surface area is 144 Å². The van der Waals surface area contributed by atoms with E-state index in [1.165, 1.54) is 12.8 Å². The smallest absolute Gasteiger partial charge is 0.169 e. The Morgan fingerprint density at radius 1 is 1.00 bits per heavy atom. The summed E-state index contributed by atoms with van der Waals surface area (Å²) in [6.45, 7) is 5.25. The fraction of sp³-hybridized carbons (Fsp3) is 0.368. The summed E-state index contributed by atoms with van der Waals surface area (Å²) in [5.74, 6) is 2.43. The highest BCUT2D eigenvalue weighted by Crippen LogP contribution is 2.33. The van der Waals surface area contributed by atoms with E-state index in [9.17, 15) is 0 Å². The van der Waals surface area contributed by atoms with Gasteiger partial charge in [-0.2, -0.15) is 0 Å². The van der Waals surface area contributed by atoms with Crippen LogP contribution >= 0.6 is 12.4 Å². The van der Waals surface area contributed by atoms with Gasteiger partial charge in [-0.05, 0) is 57.0 Å². The molecule has 0 radical (unpaired) electrons. The molecule has 0 aliphatic carbocycles. The Morgan fingerprint density at radius 2 is 1.65 bits per heavy atom. The summed E-state index contributed by atoms with van der Waals surface area (Å²) >= 11 is 0. The Bertz CT molecular complexity index is 626. The third-order valence-electron chi connectivity index (χ3n) is 4.14. The number of ether oxygens (including phenoxy) is 2. The summed E-state index contributed by atoms with van der Waals surface area (Å²) in [5, 5.41) is 3.49. The van der Waals surface area contributed by atoms with Crippen LogP contribution in [0.2, 0.25) is 0 Å². The Kier molecular flexibility index (Phi) is 6.31. The molecule has 1 aliphatic rings. The zero-order valence-electron chi connectivity index (χ0n) is 13.6. The number of hydrogen-bond donors (Lipinski definition) is 1. The maximum absolute atomic E-state index is 6.15. The Balaban J connectivity index is 0.00000192. The summed E-state index contributed by atoms with van der Waals surface area (Å²) in [6.07, 6.45) is 2.52. The van der Waals surface area contributed by atoms with E-state index in [0.29, 0.717) is 6.04 Å². The van der Waals surface area contributed by atoms with E-state index in [4.69, 9.17) is 9.47 Å². The van der Waals surface area contributed by atoms with E-state index in [-0.39, 0.29) is 18.5 Å². The molecule has 0 amide bonds. The molecule has 0 aromatic heterocycles. The molecule has 1 aliphatic heterocycles. The number of benzene rings is 2. The predicted octanol–water partition coefficient (Wildman–Crippen LogP) is 4.73. The SMILES string of the molecule is Cc1ccccc1Oc1ccccc1OC(C)C1CCCN1.Cl. The van der Waals surface area contributed by atoms with Crippen molar-refractivity contribution in [2.75, 3.05) is 6.54 Å². The van der Waals surface area contributed by atoms with Gasteiger partial charge in [0, 0.05) is 6.04 Å². The summed E-state index contributed by atoms with van der Waals surface area (Å²) in [4.78, 5) is 0. The van der Waals surface area contributed by atoms with Crippen LogP contribution in [0.15, 0.2) is 48.5 Å². The van der Waals surface area contributed by atoms with E-state index in [1.54, 1.807) is 0 Å². The van der Waals surface area contributed by atoms with E-state index >= 15 is 0 Å². The van der Waals surface area contributed by atoms with E-state index in [2.05, 4.69) is 12.2 Å². The maximum atomic E-state index is 6.15. The van der Waals surface area contributed by atoms with Crippen molar-refractivity contribution < 1.29 is 9.47 Å². The fourth-order valence-corrected chi connectivity index (χ4v) is 2.82. The van der Waals surface area contributed by atoms with Crippen LogP contribution in [-0.2, 0) is 0 Å². The zero-order valence-corrected chi connectivity index (χ0v) is 14.4. The van der Waals surface area contributed by atoms with Gasteiger partial charge in [0.1, 0.15) is 11.9 Å². The summed E-state index contributed by atoms with van der Waals surface area (Å²) in [5.41, 5.74) is 1.11. The first-order valence-corrected chi connectivity index (χ1v) is 7.96. The minimum atomic E-state index is 0. The van der Waals surface area contributed by atoms with Crippen molar-refractivity contribution in [1.29, 1.82) is 0 Å². The average molecular weight is 334 g/mol. The maximum Gasteiger partial charge on any atom is 0.169 e. The normalized spacial score (nSPS) is 18.1. The van der Waals surface area contributed by atoms with Crippen LogP contribution in [-0.4, -0.2) is 18.7 Å². The number of nitrogens with one attached hydrogen (secondary N) is 1. The summed E-state index contributed by atoms with van der Waals surface area (Å²) in [6, 6.07) is 16.3. The molecule has 1 fully saturated rings. The largest absolute Gasteiger partial charge is 0.485 e. The minimum Gasteiger partial charge on any atom is -0.485 e. The van der Waals surface area contributed by atoms with Gasteiger partial charge >= 0.3 is 0 Å². The predicted molar refractivity (Wildman–Crippen MR) is 96.1 cm³/mol. The molecule has 1 N–H and O–H groups in total. The molecule has 0 spiro atoms. The van der Waals surface area contributed by atoms with Gasteiger partial charge in [0.05, 0.1) is 0 Å². The molecule has 3 rings (SSSR count). The molecule has 0 saturated carbocycles. The number of hydrogen-bond acceptors (Lipinski definition) is 3. The van der Waals surface area contributed by atoms with Crippen LogP contribution in [0, 0.1) is 6.92 Å². The van der Waals surface area contributed by atoms with Crippen LogP contribution in [0.3, 0.4) is 0 Å². The molecule has 3 nitrogen and oxygen atoms in total. The summed E-state index contributed by atoms with van der Waals surface area (Å²) < 4.78 is 12.2. The lowest BCUT2D eigenvalue weighted by Crippen LogP contribution is -2.36. The first-order valence-electron chi connectivity index (χ1n) is 7.96. The van der Waals surface area contributed by atoms with Gasteiger partial charge in [-0.25, -0.2) is 0 Å². The van der Waals surface area contributed by atoms with Crippen molar-refractivity contribution in [2.45, 2.75) is 38.8 Å². The minimum absolute atomic E-state index is 0. The molecule has 1 saturated heterocycles. The first kappa shape index (κ1) is 17.6. The average Bonchev–Trinajstić information content (AvgIpc) is 3.06. The molecule has 2 aromatic carbocycles. The highest BCUT2D eigenvalue weighted by Gasteiger charge is 2.23. The number of aryl methyl sites for hydroxylation is 1. The van der Waals surface area contributed by atoms with Crippen LogP contribution < -0.4 is 14.8 Å². The number of rotatable bonds is 5. The van der Waals surface area contributed by atoms with Gasteiger partial charge in [0.25, 0.3) is 0 Å². The molecule has 4 heteroatoms. The lowest BCUT2D eigenvalue weighted by atomic mass is 10.1. The topological polar surface area (TPSA) is 30.5 Å². The van der Waals surface area contributed by atoms with Crippen molar-refractivity contribution in [3.8, 4) is 17.2 Å². The van der Waals surface area contributed by atoms with Gasteiger partial charge in [-0.15, -0.1) is 12.4 Å². The Hall–Kier alpha value is -1.71. The second-order valence-electron chi connectivity index (χ2n) is 5.84. The molecular weight excluding hydrogens is 310 g/mol.